The van der Waals surface area contributed by atoms with E-state index in [-0.39, 0.29) is 94.7 Å². The Morgan fingerprint density at radius 3 is 2.08 bits per heavy atom. The van der Waals surface area contributed by atoms with E-state index >= 15 is 0 Å². The van der Waals surface area contributed by atoms with Crippen LogP contribution in [0.4, 0.5) is 5.82 Å². The van der Waals surface area contributed by atoms with Gasteiger partial charge in [-0.05, 0) is 30.5 Å². The van der Waals surface area contributed by atoms with Gasteiger partial charge in [0.1, 0.15) is 82.2 Å². The van der Waals surface area contributed by atoms with Gasteiger partial charge >= 0.3 is 51.4 Å². The largest absolute Gasteiger partial charge is 1.00 e. The molecule has 406 valence electrons. The smallest absolute Gasteiger partial charge is 1.00 e. The summed E-state index contributed by atoms with van der Waals surface area (Å²) in [5.74, 6) is -2.64. The van der Waals surface area contributed by atoms with Gasteiger partial charge < -0.3 is 43.6 Å². The van der Waals surface area contributed by atoms with Crippen molar-refractivity contribution in [3.63, 3.8) is 0 Å². The van der Waals surface area contributed by atoms with E-state index in [0.29, 0.717) is 79.5 Å². The topological polar surface area (TPSA) is 291 Å². The molecule has 78 heavy (non-hydrogen) atoms. The molecule has 1 aromatic carbocycles. The van der Waals surface area contributed by atoms with Crippen LogP contribution in [0.1, 0.15) is 135 Å². The van der Waals surface area contributed by atoms with Crippen molar-refractivity contribution in [1.82, 2.24) is 61.5 Å². The molecule has 20 nitrogen and oxygen atoms in total. The molecule has 9 rings (SSSR count). The number of hydrogen-bond donors (Lipinski definition) is 7. The summed E-state index contributed by atoms with van der Waals surface area (Å²) in [5, 5.41) is 35.5. The number of nitrogen functional groups attached to an aromatic ring is 1. The second-order valence-electron chi connectivity index (χ2n) is 16.7. The number of aromatic nitrogens is 7. The Kier molecular flexibility index (Phi) is 22.9. The predicted molar refractivity (Wildman–Crippen MR) is 305 cm³/mol. The van der Waals surface area contributed by atoms with Gasteiger partial charge in [0.05, 0.1) is 42.2 Å². The van der Waals surface area contributed by atoms with Gasteiger partial charge in [-0.2, -0.15) is 0 Å². The number of anilines is 1. The first kappa shape index (κ1) is 62.1. The average molecular weight is 1200 g/mol. The zero-order chi connectivity index (χ0) is 55.5. The van der Waals surface area contributed by atoms with Crippen LogP contribution in [-0.2, 0) is 20.9 Å². The van der Waals surface area contributed by atoms with Crippen molar-refractivity contribution >= 4 is 103 Å². The minimum absolute atomic E-state index is 0. The van der Waals surface area contributed by atoms with E-state index in [1.807, 2.05) is 59.1 Å². The van der Waals surface area contributed by atoms with Crippen LogP contribution in [0.2, 0.25) is 0 Å². The number of fused-ring (bicyclic) bond motifs is 14. The maximum Gasteiger partial charge on any atom is 1.00 e. The molecule has 8 aromatic rings. The number of hydrogen-bond acceptors (Lipinski definition) is 21. The van der Waals surface area contributed by atoms with Crippen LogP contribution >= 0.6 is 68.0 Å². The van der Waals surface area contributed by atoms with Gasteiger partial charge in [-0.25, -0.2) is 34.9 Å². The van der Waals surface area contributed by atoms with Gasteiger partial charge in [0.15, 0.2) is 0 Å². The van der Waals surface area contributed by atoms with E-state index in [4.69, 9.17) is 30.4 Å². The molecule has 8 N–H and O–H groups in total. The van der Waals surface area contributed by atoms with Crippen molar-refractivity contribution in [3.05, 3.63) is 111 Å². The van der Waals surface area contributed by atoms with Gasteiger partial charge in [0.25, 0.3) is 17.7 Å². The number of carbonyl (C=O) groups is 5. The fourth-order valence-electron chi connectivity index (χ4n) is 7.60. The molecular formula is C51H58KN13O7S6. The van der Waals surface area contributed by atoms with E-state index in [1.54, 1.807) is 53.4 Å². The summed E-state index contributed by atoms with van der Waals surface area (Å²) in [5.41, 5.74) is 9.16. The Bertz CT molecular complexity index is 3360. The van der Waals surface area contributed by atoms with Crippen LogP contribution in [0.5, 0.6) is 0 Å². The van der Waals surface area contributed by atoms with E-state index in [9.17, 15) is 29.1 Å². The molecule has 0 fully saturated rings. The summed E-state index contributed by atoms with van der Waals surface area (Å²) in [4.78, 5) is 103. The normalized spacial score (nSPS) is 16.1. The zero-order valence-electron chi connectivity index (χ0n) is 45.4. The molecule has 4 atom stereocenters. The van der Waals surface area contributed by atoms with Crippen LogP contribution in [0, 0.1) is 12.8 Å². The van der Waals surface area contributed by atoms with Crippen molar-refractivity contribution in [2.45, 2.75) is 85.7 Å². The number of nitrogens with one attached hydrogen (secondary N) is 5. The number of rotatable bonds is 8. The van der Waals surface area contributed by atoms with Crippen LogP contribution in [-0.4, -0.2) is 90.2 Å². The van der Waals surface area contributed by atoms with Crippen LogP contribution in [0.15, 0.2) is 64.0 Å². The Morgan fingerprint density at radius 2 is 1.38 bits per heavy atom. The molecule has 0 saturated heterocycles. The third-order valence-corrected chi connectivity index (χ3v) is 17.0. The van der Waals surface area contributed by atoms with Gasteiger partial charge in [-0.1, -0.05) is 71.9 Å². The fraction of sp³-hybridized carbons (Fsp3) is 0.333. The molecule has 8 heterocycles. The van der Waals surface area contributed by atoms with E-state index in [0.717, 1.165) is 11.3 Å². The molecule has 10 bridgehead atoms. The second kappa shape index (κ2) is 28.8. The summed E-state index contributed by atoms with van der Waals surface area (Å²) in [7, 11) is 2.96. The number of ether oxygens (including phenoxy) is 1. The van der Waals surface area contributed by atoms with Crippen LogP contribution in [0.3, 0.4) is 0 Å². The maximum absolute atomic E-state index is 14.2. The number of nitrogens with two attached hydrogens (primary N) is 1. The number of aryl methyl sites for hydroxylation is 1. The van der Waals surface area contributed by atoms with Crippen molar-refractivity contribution in [2.24, 2.45) is 5.92 Å². The minimum atomic E-state index is -1.24. The number of methoxy groups -OCH3 is 1. The summed E-state index contributed by atoms with van der Waals surface area (Å²) in [6.07, 6.45) is -1.43. The predicted octanol–water partition coefficient (Wildman–Crippen LogP) is 6.06. The number of nitrogens with zero attached hydrogens (tertiary/aromatic N) is 7. The quantitative estimate of drug-likeness (QED) is 0.0851. The first-order valence-corrected chi connectivity index (χ1v) is 29.5. The molecule has 0 saturated carbocycles. The molecule has 5 amide bonds. The number of aliphatic hydroxyl groups excluding tert-OH is 1. The van der Waals surface area contributed by atoms with Crippen LogP contribution < -0.4 is 83.7 Å². The number of amides is 5. The van der Waals surface area contributed by atoms with Crippen molar-refractivity contribution < 1.29 is 86.6 Å². The fourth-order valence-corrected chi connectivity index (χ4v) is 13.0. The first-order valence-electron chi connectivity index (χ1n) is 24.4. The van der Waals surface area contributed by atoms with Crippen molar-refractivity contribution in [2.75, 3.05) is 26.4 Å². The average Bonchev–Trinajstić information content (AvgIpc) is 4.36. The monoisotopic (exact) mass is 1200 g/mol. The molecule has 0 radical (unpaired) electrons. The van der Waals surface area contributed by atoms with Gasteiger partial charge in [0.2, 0.25) is 11.8 Å². The Labute approximate surface area is 518 Å². The third kappa shape index (κ3) is 14.6. The molecule has 1 aliphatic rings. The summed E-state index contributed by atoms with van der Waals surface area (Å²) < 4.78 is 5.44. The number of benzene rings is 1. The summed E-state index contributed by atoms with van der Waals surface area (Å²) >= 11 is 7.40. The Balaban J connectivity index is 0.00000187. The molecule has 4 unspecified atom stereocenters. The molecule has 27 heteroatoms. The molecule has 1 aliphatic heterocycles. The summed E-state index contributed by atoms with van der Waals surface area (Å²) in [6, 6.07) is 9.76. The second-order valence-corrected chi connectivity index (χ2v) is 22.5. The Hall–Kier alpha value is -5.14. The van der Waals surface area contributed by atoms with E-state index in [1.165, 1.54) is 70.8 Å². The van der Waals surface area contributed by atoms with Gasteiger partial charge in [-0.15, -0.1) is 68.0 Å². The van der Waals surface area contributed by atoms with Crippen LogP contribution in [0.25, 0.3) is 43.4 Å². The third-order valence-electron chi connectivity index (χ3n) is 11.3. The van der Waals surface area contributed by atoms with Gasteiger partial charge in [-0.3, -0.25) is 24.0 Å². The standard InChI is InChI=1S/C47H45N13O7S6.2C2H6.K.H/c1-20(2)33-47-60-36(29(73-47)15-67-5)40(65)50-14-32(62)57-37(38(63)22-9-7-6-8-10-22)46-55-28(18-70-46)44-53-26(16-69-44)35-23(11-12-24(51-35)43-56-30(48)19-71-43)42-54-27(17-68-42)39(64)52-25(13-31(61)49-4)45-59-34(21(3)72-45)41(66)58-33;2*1-2;;/h6-12,16-20,25,33,37-38,63H,13-15,48H2,1-5H3,(H,49,61)(H,50,65)(H,52,64)(H,57,62)(H,58,66);2*1-2H3;;/q;;;+1;-1. The number of carbonyl (C=O) groups excluding carboxylic acids is 5. The summed E-state index contributed by atoms with van der Waals surface area (Å²) in [6.45, 7) is 13.0. The van der Waals surface area contributed by atoms with Crippen molar-refractivity contribution in [1.29, 1.82) is 0 Å². The molecule has 7 aromatic heterocycles. The van der Waals surface area contributed by atoms with E-state index in [2.05, 4.69) is 41.5 Å². The molecule has 0 spiro atoms. The Morgan fingerprint density at radius 1 is 0.718 bits per heavy atom. The van der Waals surface area contributed by atoms with E-state index < -0.39 is 54.4 Å². The molecule has 0 aliphatic carbocycles. The number of thiazole rings is 6. The maximum atomic E-state index is 14.2. The number of aliphatic hydroxyl groups is 1. The first-order chi connectivity index (χ1) is 37.2. The minimum Gasteiger partial charge on any atom is -1.00 e. The van der Waals surface area contributed by atoms with Gasteiger partial charge in [0, 0.05) is 46.1 Å². The number of pyridine rings is 1. The molecular weight excluding hydrogens is 1140 g/mol. The zero-order valence-corrected chi connectivity index (χ0v) is 52.4. The SMILES string of the molecule is CC.CC.CNC(=O)CC1NC(=O)c2csc(n2)-c2ccc(-c3nc(N)cs3)nc2-c2csc(n2)-c2csc(n2)C(C(O)c2ccccc2)NC(=O)CNC(=O)c2nc(sc2COC)C(C(C)C)NC(=O)c2nc1sc2C.[H-].[K+]. The van der Waals surface area contributed by atoms with Crippen molar-refractivity contribution in [3.8, 4) is 43.4 Å².